The van der Waals surface area contributed by atoms with E-state index < -0.39 is 0 Å². The van der Waals surface area contributed by atoms with E-state index in [-0.39, 0.29) is 6.04 Å². The van der Waals surface area contributed by atoms with E-state index in [1.165, 1.54) is 0 Å². The molecule has 2 aromatic rings. The number of aromatic nitrogens is 1. The highest BCUT2D eigenvalue weighted by Gasteiger charge is 2.13. The second-order valence-corrected chi connectivity index (χ2v) is 5.05. The van der Waals surface area contributed by atoms with Gasteiger partial charge in [-0.15, -0.1) is 0 Å². The number of hydrogen-bond donors (Lipinski definition) is 1. The molecule has 0 aliphatic heterocycles. The van der Waals surface area contributed by atoms with E-state index in [1.807, 2.05) is 31.2 Å². The Morgan fingerprint density at radius 3 is 2.72 bits per heavy atom. The van der Waals surface area contributed by atoms with Crippen LogP contribution in [0.15, 0.2) is 36.7 Å². The van der Waals surface area contributed by atoms with Gasteiger partial charge >= 0.3 is 0 Å². The Balaban J connectivity index is 2.25. The van der Waals surface area contributed by atoms with Gasteiger partial charge in [-0.25, -0.2) is 0 Å². The third kappa shape index (κ3) is 2.83. The minimum atomic E-state index is -0.122. The Bertz CT molecular complexity index is 555. The van der Waals surface area contributed by atoms with Crippen LogP contribution in [0.5, 0.6) is 0 Å². The van der Waals surface area contributed by atoms with Crippen LogP contribution >= 0.6 is 23.2 Å². The fourth-order valence-electron chi connectivity index (χ4n) is 1.94. The number of benzene rings is 1. The molecule has 1 aromatic heterocycles. The minimum absolute atomic E-state index is 0.122. The highest BCUT2D eigenvalue weighted by atomic mass is 35.5. The van der Waals surface area contributed by atoms with Gasteiger partial charge in [-0.05, 0) is 42.2 Å². The maximum atomic E-state index is 6.23. The lowest BCUT2D eigenvalue weighted by atomic mass is 9.96. The standard InChI is InChI=1S/C14H14Cl2N2/c1-9-11(3-2-4-12(9)15)14(17)7-10-5-6-18-8-13(10)16/h2-6,8,14H,7,17H2,1H3. The molecule has 4 heteroatoms. The van der Waals surface area contributed by atoms with Crippen molar-refractivity contribution in [2.75, 3.05) is 0 Å². The van der Waals surface area contributed by atoms with Crippen molar-refractivity contribution in [1.82, 2.24) is 4.98 Å². The van der Waals surface area contributed by atoms with Crippen LogP contribution in [0.2, 0.25) is 10.0 Å². The summed E-state index contributed by atoms with van der Waals surface area (Å²) in [6.45, 7) is 1.98. The number of nitrogens with zero attached hydrogens (tertiary/aromatic N) is 1. The Kier molecular flexibility index (Phi) is 4.23. The molecule has 18 heavy (non-hydrogen) atoms. The fraction of sp³-hybridized carbons (Fsp3) is 0.214. The van der Waals surface area contributed by atoms with Gasteiger partial charge in [-0.3, -0.25) is 4.98 Å². The van der Waals surface area contributed by atoms with E-state index in [0.717, 1.165) is 21.7 Å². The zero-order valence-corrected chi connectivity index (χ0v) is 11.5. The largest absolute Gasteiger partial charge is 0.324 e. The predicted molar refractivity (Wildman–Crippen MR) is 76.1 cm³/mol. The number of hydrogen-bond acceptors (Lipinski definition) is 2. The van der Waals surface area contributed by atoms with Crippen molar-refractivity contribution in [2.45, 2.75) is 19.4 Å². The SMILES string of the molecule is Cc1c(Cl)cccc1C(N)Cc1ccncc1Cl. The van der Waals surface area contributed by atoms with Gasteiger partial charge in [0.05, 0.1) is 5.02 Å². The molecule has 1 unspecified atom stereocenters. The molecule has 0 fully saturated rings. The van der Waals surface area contributed by atoms with Gasteiger partial charge in [0.2, 0.25) is 0 Å². The molecule has 1 heterocycles. The van der Waals surface area contributed by atoms with Crippen LogP contribution in [0.1, 0.15) is 22.7 Å². The topological polar surface area (TPSA) is 38.9 Å². The van der Waals surface area contributed by atoms with Crippen LogP contribution in [-0.2, 0) is 6.42 Å². The summed E-state index contributed by atoms with van der Waals surface area (Å²) in [5, 5.41) is 1.39. The molecule has 0 aliphatic carbocycles. The lowest BCUT2D eigenvalue weighted by Gasteiger charge is -2.16. The number of nitrogens with two attached hydrogens (primary N) is 1. The average Bonchev–Trinajstić information content (AvgIpc) is 2.35. The minimum Gasteiger partial charge on any atom is -0.324 e. The van der Waals surface area contributed by atoms with Gasteiger partial charge in [-0.1, -0.05) is 35.3 Å². The number of pyridine rings is 1. The van der Waals surface area contributed by atoms with Crippen molar-refractivity contribution in [3.05, 3.63) is 63.4 Å². The van der Waals surface area contributed by atoms with Crippen LogP contribution in [0.25, 0.3) is 0 Å². The van der Waals surface area contributed by atoms with Crippen molar-refractivity contribution < 1.29 is 0 Å². The first-order valence-electron chi connectivity index (χ1n) is 5.68. The summed E-state index contributed by atoms with van der Waals surface area (Å²) in [7, 11) is 0. The molecule has 0 spiro atoms. The normalized spacial score (nSPS) is 12.4. The van der Waals surface area contributed by atoms with Crippen molar-refractivity contribution in [3.63, 3.8) is 0 Å². The summed E-state index contributed by atoms with van der Waals surface area (Å²) in [5.41, 5.74) is 9.30. The molecular formula is C14H14Cl2N2. The highest BCUT2D eigenvalue weighted by Crippen LogP contribution is 2.26. The summed E-state index contributed by atoms with van der Waals surface area (Å²) in [6.07, 6.45) is 4.02. The van der Waals surface area contributed by atoms with Crippen molar-refractivity contribution >= 4 is 23.2 Å². The summed E-state index contributed by atoms with van der Waals surface area (Å²) >= 11 is 12.2. The first-order chi connectivity index (χ1) is 8.59. The van der Waals surface area contributed by atoms with Gasteiger partial charge in [0.1, 0.15) is 0 Å². The van der Waals surface area contributed by atoms with Crippen LogP contribution in [0, 0.1) is 6.92 Å². The van der Waals surface area contributed by atoms with Gasteiger partial charge < -0.3 is 5.73 Å². The van der Waals surface area contributed by atoms with Gasteiger partial charge in [0.25, 0.3) is 0 Å². The molecule has 0 saturated carbocycles. The molecule has 0 saturated heterocycles. The highest BCUT2D eigenvalue weighted by molar-refractivity contribution is 6.31. The molecular weight excluding hydrogens is 267 g/mol. The molecule has 1 atom stereocenters. The monoisotopic (exact) mass is 280 g/mol. The Labute approximate surface area is 117 Å². The van der Waals surface area contributed by atoms with Gasteiger partial charge in [-0.2, -0.15) is 0 Å². The van der Waals surface area contributed by atoms with Crippen LogP contribution in [-0.4, -0.2) is 4.98 Å². The number of rotatable bonds is 3. The molecule has 0 amide bonds. The molecule has 2 N–H and O–H groups in total. The maximum absolute atomic E-state index is 6.23. The third-order valence-corrected chi connectivity index (χ3v) is 3.76. The van der Waals surface area contributed by atoms with Crippen LogP contribution in [0.4, 0.5) is 0 Å². The zero-order chi connectivity index (χ0) is 13.1. The summed E-state index contributed by atoms with van der Waals surface area (Å²) in [5.74, 6) is 0. The van der Waals surface area contributed by atoms with Crippen molar-refractivity contribution in [2.24, 2.45) is 5.73 Å². The molecule has 2 nitrogen and oxygen atoms in total. The van der Waals surface area contributed by atoms with Crippen LogP contribution in [0.3, 0.4) is 0 Å². The number of halogens is 2. The lowest BCUT2D eigenvalue weighted by molar-refractivity contribution is 0.716. The van der Waals surface area contributed by atoms with Crippen molar-refractivity contribution in [3.8, 4) is 0 Å². The zero-order valence-electron chi connectivity index (χ0n) is 10.0. The maximum Gasteiger partial charge on any atom is 0.0622 e. The third-order valence-electron chi connectivity index (χ3n) is 3.01. The quantitative estimate of drug-likeness (QED) is 0.925. The molecule has 0 bridgehead atoms. The molecule has 1 aromatic carbocycles. The van der Waals surface area contributed by atoms with E-state index in [1.54, 1.807) is 12.4 Å². The molecule has 2 rings (SSSR count). The Hall–Kier alpha value is -1.09. The first-order valence-corrected chi connectivity index (χ1v) is 6.44. The van der Waals surface area contributed by atoms with E-state index in [0.29, 0.717) is 11.4 Å². The average molecular weight is 281 g/mol. The summed E-state index contributed by atoms with van der Waals surface area (Å²) in [6, 6.07) is 7.55. The second-order valence-electron chi connectivity index (χ2n) is 4.23. The van der Waals surface area contributed by atoms with E-state index in [9.17, 15) is 0 Å². The Morgan fingerprint density at radius 2 is 2.00 bits per heavy atom. The van der Waals surface area contributed by atoms with Crippen molar-refractivity contribution in [1.29, 1.82) is 0 Å². The smallest absolute Gasteiger partial charge is 0.0622 e. The van der Waals surface area contributed by atoms with E-state index in [4.69, 9.17) is 28.9 Å². The van der Waals surface area contributed by atoms with Gasteiger partial charge in [0.15, 0.2) is 0 Å². The molecule has 94 valence electrons. The molecule has 0 radical (unpaired) electrons. The van der Waals surface area contributed by atoms with Gasteiger partial charge in [0, 0.05) is 23.5 Å². The summed E-state index contributed by atoms with van der Waals surface area (Å²) < 4.78 is 0. The second kappa shape index (κ2) is 5.70. The summed E-state index contributed by atoms with van der Waals surface area (Å²) in [4.78, 5) is 3.96. The van der Waals surface area contributed by atoms with E-state index in [2.05, 4.69) is 4.98 Å². The predicted octanol–water partition coefficient (Wildman–Crippen LogP) is 3.94. The lowest BCUT2D eigenvalue weighted by Crippen LogP contribution is -2.15. The first kappa shape index (κ1) is 13.3. The fourth-order valence-corrected chi connectivity index (χ4v) is 2.32. The van der Waals surface area contributed by atoms with Crippen LogP contribution < -0.4 is 5.73 Å². The molecule has 0 aliphatic rings. The Morgan fingerprint density at radius 1 is 1.22 bits per heavy atom. The van der Waals surface area contributed by atoms with E-state index >= 15 is 0 Å².